The van der Waals surface area contributed by atoms with Gasteiger partial charge in [-0.1, -0.05) is 18.2 Å². The predicted molar refractivity (Wildman–Crippen MR) is 73.2 cm³/mol. The summed E-state index contributed by atoms with van der Waals surface area (Å²) >= 11 is 0. The summed E-state index contributed by atoms with van der Waals surface area (Å²) in [7, 11) is 2.75. The second kappa shape index (κ2) is 4.42. The second-order valence-corrected chi connectivity index (χ2v) is 5.01. The largest absolute Gasteiger partial charge is 0.468 e. The van der Waals surface area contributed by atoms with Crippen LogP contribution in [0.25, 0.3) is 0 Å². The molecule has 2 unspecified atom stereocenters. The summed E-state index contributed by atoms with van der Waals surface area (Å²) in [5, 5.41) is 9.48. The van der Waals surface area contributed by atoms with Crippen molar-refractivity contribution in [2.45, 2.75) is 18.6 Å². The van der Waals surface area contributed by atoms with Gasteiger partial charge in [-0.3, -0.25) is 0 Å². The molecule has 0 fully saturated rings. The first-order valence-electron chi connectivity index (χ1n) is 6.41. The van der Waals surface area contributed by atoms with Crippen LogP contribution in [0, 0.1) is 11.3 Å². The van der Waals surface area contributed by atoms with E-state index >= 15 is 0 Å². The van der Waals surface area contributed by atoms with Crippen molar-refractivity contribution < 1.29 is 19.0 Å². The molecular weight excluding hydrogens is 272 g/mol. The minimum absolute atomic E-state index is 0.147. The second-order valence-electron chi connectivity index (χ2n) is 5.01. The lowest BCUT2D eigenvalue weighted by Gasteiger charge is -2.27. The number of carbonyl (C=O) groups excluding carboxylic acids is 1. The Morgan fingerprint density at radius 2 is 2.14 bits per heavy atom. The first-order valence-corrected chi connectivity index (χ1v) is 6.41. The van der Waals surface area contributed by atoms with Crippen molar-refractivity contribution in [2.75, 3.05) is 19.1 Å². The van der Waals surface area contributed by atoms with E-state index < -0.39 is 17.7 Å². The maximum Gasteiger partial charge on any atom is 0.417 e. The molecule has 1 aromatic carbocycles. The quantitative estimate of drug-likeness (QED) is 0.792. The first-order chi connectivity index (χ1) is 10.1. The Labute approximate surface area is 122 Å². The van der Waals surface area contributed by atoms with Gasteiger partial charge in [0.15, 0.2) is 6.23 Å². The van der Waals surface area contributed by atoms with Crippen LogP contribution in [0.3, 0.4) is 0 Å². The number of ether oxygens (including phenoxy) is 3. The lowest BCUT2D eigenvalue weighted by Crippen LogP contribution is -2.45. The van der Waals surface area contributed by atoms with Crippen LogP contribution in [0.15, 0.2) is 35.8 Å². The minimum Gasteiger partial charge on any atom is -0.468 e. The molecule has 0 aliphatic carbocycles. The van der Waals surface area contributed by atoms with Crippen LogP contribution in [0.1, 0.15) is 12.5 Å². The maximum absolute atomic E-state index is 12.1. The number of amides is 1. The van der Waals surface area contributed by atoms with E-state index in [1.54, 1.807) is 6.07 Å². The van der Waals surface area contributed by atoms with Crippen LogP contribution in [0.2, 0.25) is 0 Å². The van der Waals surface area contributed by atoms with Crippen molar-refractivity contribution in [3.05, 3.63) is 41.3 Å². The van der Waals surface area contributed by atoms with Gasteiger partial charge >= 0.3 is 6.09 Å². The third-order valence-corrected chi connectivity index (χ3v) is 4.06. The highest BCUT2D eigenvalue weighted by Gasteiger charge is 2.60. The molecule has 1 aromatic rings. The van der Waals surface area contributed by atoms with Crippen LogP contribution < -0.4 is 4.90 Å². The van der Waals surface area contributed by atoms with Crippen molar-refractivity contribution in [3.8, 4) is 6.07 Å². The summed E-state index contributed by atoms with van der Waals surface area (Å²) in [6.45, 7) is 1.87. The van der Waals surface area contributed by atoms with Gasteiger partial charge in [0.05, 0.1) is 25.3 Å². The van der Waals surface area contributed by atoms with Gasteiger partial charge in [0.2, 0.25) is 0 Å². The lowest BCUT2D eigenvalue weighted by atomic mass is 9.78. The Bertz CT molecular complexity index is 691. The van der Waals surface area contributed by atoms with E-state index in [-0.39, 0.29) is 5.95 Å². The molecule has 6 heteroatoms. The summed E-state index contributed by atoms with van der Waals surface area (Å²) in [5.74, 6) is 0.147. The predicted octanol–water partition coefficient (Wildman–Crippen LogP) is 2.27. The molecule has 6 nitrogen and oxygen atoms in total. The average molecular weight is 286 g/mol. The molecule has 0 saturated heterocycles. The van der Waals surface area contributed by atoms with Crippen molar-refractivity contribution in [1.82, 2.24) is 0 Å². The van der Waals surface area contributed by atoms with Gasteiger partial charge in [-0.15, -0.1) is 0 Å². The van der Waals surface area contributed by atoms with E-state index in [0.29, 0.717) is 11.3 Å². The van der Waals surface area contributed by atoms with Gasteiger partial charge in [0.25, 0.3) is 5.95 Å². The summed E-state index contributed by atoms with van der Waals surface area (Å²) in [4.78, 5) is 13.5. The number of hydrogen-bond donors (Lipinski definition) is 0. The molecular formula is C15H14N2O4. The SMILES string of the molecule is COC(=O)N1c2ccccc2C2(C)C(C#N)=C(OC)OC12. The number of benzene rings is 1. The number of methoxy groups -OCH3 is 2. The molecule has 2 aliphatic heterocycles. The molecule has 108 valence electrons. The van der Waals surface area contributed by atoms with E-state index in [2.05, 4.69) is 6.07 Å². The fourth-order valence-electron chi connectivity index (χ4n) is 3.05. The van der Waals surface area contributed by atoms with Crippen molar-refractivity contribution in [2.24, 2.45) is 0 Å². The van der Waals surface area contributed by atoms with Gasteiger partial charge in [-0.05, 0) is 18.6 Å². The molecule has 2 aliphatic rings. The Hall–Kier alpha value is -2.68. The number of anilines is 1. The number of carbonyl (C=O) groups is 1. The van der Waals surface area contributed by atoms with Crippen molar-refractivity contribution in [1.29, 1.82) is 5.26 Å². The molecule has 0 saturated carbocycles. The Morgan fingerprint density at radius 3 is 2.76 bits per heavy atom. The zero-order chi connectivity index (χ0) is 15.2. The minimum atomic E-state index is -0.773. The van der Waals surface area contributed by atoms with E-state index in [1.165, 1.54) is 19.1 Å². The van der Waals surface area contributed by atoms with Crippen molar-refractivity contribution in [3.63, 3.8) is 0 Å². The summed E-state index contributed by atoms with van der Waals surface area (Å²) in [6, 6.07) is 9.52. The Balaban J connectivity index is 2.24. The van der Waals surface area contributed by atoms with Crippen LogP contribution >= 0.6 is 0 Å². The number of hydrogen-bond acceptors (Lipinski definition) is 5. The van der Waals surface area contributed by atoms with E-state index in [9.17, 15) is 10.1 Å². The summed E-state index contributed by atoms with van der Waals surface area (Å²) < 4.78 is 15.7. The van der Waals surface area contributed by atoms with Crippen LogP contribution in [-0.2, 0) is 19.6 Å². The smallest absolute Gasteiger partial charge is 0.417 e. The number of rotatable bonds is 1. The molecule has 1 amide bonds. The van der Waals surface area contributed by atoms with E-state index in [1.807, 2.05) is 25.1 Å². The molecule has 2 atom stereocenters. The lowest BCUT2D eigenvalue weighted by molar-refractivity contribution is 0.0199. The van der Waals surface area contributed by atoms with Gasteiger partial charge in [-0.2, -0.15) is 5.26 Å². The number of fused-ring (bicyclic) bond motifs is 3. The van der Waals surface area contributed by atoms with Crippen LogP contribution in [0.4, 0.5) is 10.5 Å². The normalized spacial score (nSPS) is 25.8. The average Bonchev–Trinajstić information content (AvgIpc) is 2.93. The third kappa shape index (κ3) is 1.49. The molecule has 0 aromatic heterocycles. The molecule has 0 bridgehead atoms. The zero-order valence-corrected chi connectivity index (χ0v) is 11.9. The number of nitriles is 1. The van der Waals surface area contributed by atoms with Gasteiger partial charge in [-0.25, -0.2) is 9.69 Å². The van der Waals surface area contributed by atoms with Crippen LogP contribution in [0.5, 0.6) is 0 Å². The number of nitrogens with zero attached hydrogens (tertiary/aromatic N) is 2. The highest BCUT2D eigenvalue weighted by atomic mass is 16.7. The topological polar surface area (TPSA) is 71.8 Å². The fourth-order valence-corrected chi connectivity index (χ4v) is 3.05. The van der Waals surface area contributed by atoms with Crippen molar-refractivity contribution >= 4 is 11.8 Å². The van der Waals surface area contributed by atoms with Gasteiger partial charge < -0.3 is 14.2 Å². The van der Waals surface area contributed by atoms with Gasteiger partial charge in [0, 0.05) is 0 Å². The zero-order valence-electron chi connectivity index (χ0n) is 11.9. The fraction of sp³-hybridized carbons (Fsp3) is 0.333. The Kier molecular flexibility index (Phi) is 2.80. The van der Waals surface area contributed by atoms with Crippen LogP contribution in [-0.4, -0.2) is 26.5 Å². The first kappa shape index (κ1) is 13.3. The van der Waals surface area contributed by atoms with E-state index in [0.717, 1.165) is 5.56 Å². The van der Waals surface area contributed by atoms with E-state index in [4.69, 9.17) is 14.2 Å². The molecule has 0 radical (unpaired) electrons. The highest BCUT2D eigenvalue weighted by molar-refractivity contribution is 5.93. The molecule has 2 heterocycles. The summed E-state index contributed by atoms with van der Waals surface area (Å²) in [5.41, 5.74) is 1.11. The molecule has 0 N–H and O–H groups in total. The molecule has 21 heavy (non-hydrogen) atoms. The molecule has 3 rings (SSSR count). The third-order valence-electron chi connectivity index (χ3n) is 4.06. The molecule has 0 spiro atoms. The number of para-hydroxylation sites is 1. The maximum atomic E-state index is 12.1. The van der Waals surface area contributed by atoms with Gasteiger partial charge in [0.1, 0.15) is 11.6 Å². The monoisotopic (exact) mass is 286 g/mol. The highest BCUT2D eigenvalue weighted by Crippen LogP contribution is 2.54. The standard InChI is InChI=1S/C15H14N2O4/c1-15-9-6-4-5-7-11(9)17(14(18)20-3)13(15)21-12(19-2)10(15)8-16/h4-7,13H,1-3H3. The summed E-state index contributed by atoms with van der Waals surface area (Å²) in [6.07, 6.45) is -1.22. The Morgan fingerprint density at radius 1 is 1.43 bits per heavy atom.